The molecule has 1 aromatic heterocycles. The molecule has 1 aromatic carbocycles. The zero-order valence-electron chi connectivity index (χ0n) is 20.5. The number of nitrogens with one attached hydrogen (secondary N) is 1. The van der Waals surface area contributed by atoms with Gasteiger partial charge in [0.05, 0.1) is 34.0 Å². The van der Waals surface area contributed by atoms with E-state index in [4.69, 9.17) is 19.7 Å². The highest BCUT2D eigenvalue weighted by Crippen LogP contribution is 2.25. The number of nitrogens with zero attached hydrogens (tertiary/aromatic N) is 2. The summed E-state index contributed by atoms with van der Waals surface area (Å²) >= 11 is 0. The second kappa shape index (κ2) is 11.3. The molecule has 192 valence electrons. The Morgan fingerprint density at radius 3 is 2.57 bits per heavy atom. The summed E-state index contributed by atoms with van der Waals surface area (Å²) in [4.78, 5) is 25.4. The Kier molecular flexibility index (Phi) is 8.68. The number of aryl methyl sites for hydroxylation is 1. The Balaban J connectivity index is 1.74. The number of carbonyl (C=O) groups is 2. The summed E-state index contributed by atoms with van der Waals surface area (Å²) < 4.78 is 35.8. The van der Waals surface area contributed by atoms with Crippen LogP contribution < -0.4 is 10.5 Å². The van der Waals surface area contributed by atoms with E-state index in [0.717, 1.165) is 24.2 Å². The molecule has 0 bridgehead atoms. The predicted octanol–water partition coefficient (Wildman–Crippen LogP) is 2.06. The maximum absolute atomic E-state index is 12.9. The highest BCUT2D eigenvalue weighted by Gasteiger charge is 2.28. The van der Waals surface area contributed by atoms with Crippen molar-refractivity contribution >= 4 is 21.9 Å². The van der Waals surface area contributed by atoms with Gasteiger partial charge in [-0.1, -0.05) is 20.8 Å². The van der Waals surface area contributed by atoms with Crippen LogP contribution in [0.3, 0.4) is 0 Å². The van der Waals surface area contributed by atoms with Gasteiger partial charge in [-0.2, -0.15) is 5.10 Å². The second-order valence-corrected chi connectivity index (χ2v) is 11.0. The minimum Gasteiger partial charge on any atom is -0.461 e. The Hall–Kier alpha value is -2.76. The van der Waals surface area contributed by atoms with Crippen LogP contribution in [0.25, 0.3) is 0 Å². The van der Waals surface area contributed by atoms with Crippen LogP contribution in [0.4, 0.5) is 0 Å². The van der Waals surface area contributed by atoms with Crippen LogP contribution in [0.5, 0.6) is 0 Å². The molecule has 3 rings (SSSR count). The minimum atomic E-state index is -3.84. The minimum absolute atomic E-state index is 0.0760. The monoisotopic (exact) mass is 506 g/mol. The number of ether oxygens (including phenoxy) is 2. The smallest absolute Gasteiger partial charge is 0.338 e. The Bertz CT molecular complexity index is 1160. The molecule has 10 nitrogen and oxygen atoms in total. The average molecular weight is 507 g/mol. The normalized spacial score (nSPS) is 15.6. The molecule has 3 N–H and O–H groups in total. The largest absolute Gasteiger partial charge is 0.461 e. The number of nitrogens with two attached hydrogens (primary N) is 1. The van der Waals surface area contributed by atoms with Crippen LogP contribution in [0.2, 0.25) is 0 Å². The number of amides is 1. The summed E-state index contributed by atoms with van der Waals surface area (Å²) in [7, 11) is -3.84. The summed E-state index contributed by atoms with van der Waals surface area (Å²) in [6, 6.07) is 5.28. The SMILES string of the molecule is CCc1nn(CC(C)(C)COC(=O)c2ccc(S(N)(=O)=O)cc2)c2c1C(=O)NCCCOCCC2. The molecule has 1 amide bonds. The predicted molar refractivity (Wildman–Crippen MR) is 130 cm³/mol. The highest BCUT2D eigenvalue weighted by molar-refractivity contribution is 7.89. The summed E-state index contributed by atoms with van der Waals surface area (Å²) in [5.41, 5.74) is 1.99. The summed E-state index contributed by atoms with van der Waals surface area (Å²) in [6.45, 7) is 8.22. The lowest BCUT2D eigenvalue weighted by Crippen LogP contribution is -2.29. The summed E-state index contributed by atoms with van der Waals surface area (Å²) in [5.74, 6) is -0.679. The zero-order valence-corrected chi connectivity index (χ0v) is 21.3. The van der Waals surface area contributed by atoms with Gasteiger partial charge in [0, 0.05) is 31.7 Å². The quantitative estimate of drug-likeness (QED) is 0.547. The van der Waals surface area contributed by atoms with Gasteiger partial charge in [0.2, 0.25) is 10.0 Å². The standard InChI is InChI=1S/C24H34N4O6S/c1-4-19-21-20(7-5-13-33-14-6-12-26-22(21)29)28(27-19)15-24(2,3)16-34-23(30)17-8-10-18(11-9-17)35(25,31)32/h8-11H,4-7,12-16H2,1-3H3,(H,26,29)(H2,25,31,32). The lowest BCUT2D eigenvalue weighted by Gasteiger charge is -2.25. The van der Waals surface area contributed by atoms with Crippen molar-refractivity contribution < 1.29 is 27.5 Å². The molecule has 0 unspecified atom stereocenters. The van der Waals surface area contributed by atoms with Crippen LogP contribution in [-0.2, 0) is 38.9 Å². The number of aromatic nitrogens is 2. The van der Waals surface area contributed by atoms with Gasteiger partial charge in [0.15, 0.2) is 0 Å². The number of benzene rings is 1. The van der Waals surface area contributed by atoms with Gasteiger partial charge in [-0.15, -0.1) is 0 Å². The first-order valence-electron chi connectivity index (χ1n) is 11.8. The molecule has 0 fully saturated rings. The van der Waals surface area contributed by atoms with E-state index in [1.807, 2.05) is 25.5 Å². The number of fused-ring (bicyclic) bond motifs is 1. The molecule has 0 saturated carbocycles. The van der Waals surface area contributed by atoms with Crippen molar-refractivity contribution in [3.05, 3.63) is 46.8 Å². The molecule has 0 atom stereocenters. The third-order valence-electron chi connectivity index (χ3n) is 5.74. The molecule has 1 aliphatic heterocycles. The van der Waals surface area contributed by atoms with Crippen molar-refractivity contribution in [2.24, 2.45) is 10.6 Å². The first-order valence-corrected chi connectivity index (χ1v) is 13.3. The van der Waals surface area contributed by atoms with Gasteiger partial charge < -0.3 is 14.8 Å². The first kappa shape index (κ1) is 26.8. The number of rotatable bonds is 7. The average Bonchev–Trinajstić information content (AvgIpc) is 3.13. The molecular formula is C24H34N4O6S. The van der Waals surface area contributed by atoms with Crippen LogP contribution in [0.1, 0.15) is 65.7 Å². The fourth-order valence-electron chi connectivity index (χ4n) is 3.93. The molecule has 11 heteroatoms. The van der Waals surface area contributed by atoms with E-state index in [1.54, 1.807) is 0 Å². The molecule has 0 saturated heterocycles. The lowest BCUT2D eigenvalue weighted by molar-refractivity contribution is 0.0304. The van der Waals surface area contributed by atoms with Gasteiger partial charge in [-0.25, -0.2) is 18.4 Å². The molecule has 2 aromatic rings. The van der Waals surface area contributed by atoms with E-state index in [2.05, 4.69) is 5.32 Å². The fraction of sp³-hybridized carbons (Fsp3) is 0.542. The van der Waals surface area contributed by atoms with Gasteiger partial charge in [0.1, 0.15) is 0 Å². The van der Waals surface area contributed by atoms with Crippen molar-refractivity contribution in [1.82, 2.24) is 15.1 Å². The molecule has 0 radical (unpaired) electrons. The molecule has 35 heavy (non-hydrogen) atoms. The van der Waals surface area contributed by atoms with Crippen molar-refractivity contribution in [1.29, 1.82) is 0 Å². The van der Waals surface area contributed by atoms with Gasteiger partial charge in [-0.05, 0) is 49.9 Å². The van der Waals surface area contributed by atoms with Crippen LogP contribution in [0, 0.1) is 5.41 Å². The molecular weight excluding hydrogens is 472 g/mol. The van der Waals surface area contributed by atoms with Crippen molar-refractivity contribution in [2.45, 2.75) is 57.9 Å². The van der Waals surface area contributed by atoms with E-state index >= 15 is 0 Å². The van der Waals surface area contributed by atoms with E-state index in [0.29, 0.717) is 44.7 Å². The number of carbonyl (C=O) groups excluding carboxylic acids is 2. The number of esters is 1. The Morgan fingerprint density at radius 2 is 1.91 bits per heavy atom. The third kappa shape index (κ3) is 7.12. The number of primary sulfonamides is 1. The zero-order chi connectivity index (χ0) is 25.6. The Morgan fingerprint density at radius 1 is 1.23 bits per heavy atom. The van der Waals surface area contributed by atoms with Crippen molar-refractivity contribution in [3.63, 3.8) is 0 Å². The molecule has 0 aliphatic carbocycles. The van der Waals surface area contributed by atoms with Gasteiger partial charge in [0.25, 0.3) is 5.91 Å². The molecule has 1 aliphatic rings. The number of hydrogen-bond donors (Lipinski definition) is 2. The lowest BCUT2D eigenvalue weighted by atomic mass is 9.94. The highest BCUT2D eigenvalue weighted by atomic mass is 32.2. The maximum Gasteiger partial charge on any atom is 0.338 e. The van der Waals surface area contributed by atoms with Gasteiger partial charge in [-0.3, -0.25) is 9.48 Å². The number of hydrogen-bond acceptors (Lipinski definition) is 7. The number of sulfonamides is 1. The third-order valence-corrected chi connectivity index (χ3v) is 6.66. The van der Waals surface area contributed by atoms with Crippen molar-refractivity contribution in [3.8, 4) is 0 Å². The first-order chi connectivity index (χ1) is 16.5. The fourth-order valence-corrected chi connectivity index (χ4v) is 4.45. The maximum atomic E-state index is 12.9. The summed E-state index contributed by atoms with van der Waals surface area (Å²) in [5, 5.41) is 12.8. The molecule has 2 heterocycles. The van der Waals surface area contributed by atoms with Crippen molar-refractivity contribution in [2.75, 3.05) is 26.4 Å². The van der Waals surface area contributed by atoms with E-state index in [-0.39, 0.29) is 23.0 Å². The van der Waals surface area contributed by atoms with Crippen LogP contribution in [-0.4, -0.2) is 56.4 Å². The van der Waals surface area contributed by atoms with E-state index in [9.17, 15) is 18.0 Å². The van der Waals surface area contributed by atoms with E-state index in [1.165, 1.54) is 24.3 Å². The molecule has 0 spiro atoms. The van der Waals surface area contributed by atoms with Crippen LogP contribution >= 0.6 is 0 Å². The van der Waals surface area contributed by atoms with Crippen LogP contribution in [0.15, 0.2) is 29.2 Å². The van der Waals surface area contributed by atoms with E-state index < -0.39 is 21.4 Å². The topological polar surface area (TPSA) is 143 Å². The van der Waals surface area contributed by atoms with Gasteiger partial charge >= 0.3 is 5.97 Å². The summed E-state index contributed by atoms with van der Waals surface area (Å²) in [6.07, 6.45) is 2.82. The second-order valence-electron chi connectivity index (χ2n) is 9.41. The Labute approximate surface area is 206 Å².